The SMILES string of the molecule is CNS(=O)(=O)c1ccc(F)c(C(=O)OCC(=O)N(C2CCCCC2)C2CCCCC2)c1. The van der Waals surface area contributed by atoms with Gasteiger partial charge in [0.2, 0.25) is 10.0 Å². The van der Waals surface area contributed by atoms with Gasteiger partial charge in [-0.15, -0.1) is 0 Å². The van der Waals surface area contributed by atoms with Gasteiger partial charge >= 0.3 is 5.97 Å². The second-order valence-electron chi connectivity index (χ2n) is 8.31. The quantitative estimate of drug-likeness (QED) is 0.638. The van der Waals surface area contributed by atoms with Crippen LogP contribution in [-0.2, 0) is 19.6 Å². The fraction of sp³-hybridized carbons (Fsp3) is 0.636. The van der Waals surface area contributed by atoms with Crippen molar-refractivity contribution in [1.29, 1.82) is 0 Å². The summed E-state index contributed by atoms with van der Waals surface area (Å²) in [6.07, 6.45) is 10.5. The van der Waals surface area contributed by atoms with Gasteiger partial charge in [0.15, 0.2) is 6.61 Å². The van der Waals surface area contributed by atoms with Crippen LogP contribution in [0.4, 0.5) is 4.39 Å². The van der Waals surface area contributed by atoms with Gasteiger partial charge in [-0.1, -0.05) is 38.5 Å². The van der Waals surface area contributed by atoms with Gasteiger partial charge in [-0.25, -0.2) is 22.3 Å². The lowest BCUT2D eigenvalue weighted by Crippen LogP contribution is -2.50. The standard InChI is InChI=1S/C22H31FN2O5S/c1-24-31(28,29)18-12-13-20(23)19(14-18)22(27)30-15-21(26)25(16-8-4-2-5-9-16)17-10-6-3-7-11-17/h12-14,16-17,24H,2-11,15H2,1H3. The fourth-order valence-corrected chi connectivity index (χ4v) is 5.41. The van der Waals surface area contributed by atoms with Gasteiger partial charge in [-0.2, -0.15) is 0 Å². The van der Waals surface area contributed by atoms with Crippen molar-refractivity contribution < 1.29 is 27.1 Å². The molecule has 0 unspecified atom stereocenters. The zero-order valence-electron chi connectivity index (χ0n) is 17.9. The minimum atomic E-state index is -3.84. The Kier molecular flexibility index (Phi) is 8.05. The summed E-state index contributed by atoms with van der Waals surface area (Å²) in [6.45, 7) is -0.478. The largest absolute Gasteiger partial charge is 0.452 e. The Morgan fingerprint density at radius 2 is 1.58 bits per heavy atom. The number of carbonyl (C=O) groups is 2. The number of nitrogens with zero attached hydrogens (tertiary/aromatic N) is 1. The molecule has 172 valence electrons. The lowest BCUT2D eigenvalue weighted by molar-refractivity contribution is -0.141. The summed E-state index contributed by atoms with van der Waals surface area (Å²) in [6, 6.07) is 3.21. The van der Waals surface area contributed by atoms with E-state index in [9.17, 15) is 22.4 Å². The summed E-state index contributed by atoms with van der Waals surface area (Å²) in [5.41, 5.74) is -0.508. The van der Waals surface area contributed by atoms with Gasteiger partial charge in [0.05, 0.1) is 10.5 Å². The molecule has 1 amide bonds. The molecule has 2 aliphatic rings. The van der Waals surface area contributed by atoms with Gasteiger partial charge in [0.1, 0.15) is 5.82 Å². The number of benzene rings is 1. The Bertz CT molecular complexity index is 875. The average molecular weight is 455 g/mol. The number of sulfonamides is 1. The van der Waals surface area contributed by atoms with E-state index in [1.807, 2.05) is 4.90 Å². The van der Waals surface area contributed by atoms with Crippen LogP contribution in [0.5, 0.6) is 0 Å². The second kappa shape index (κ2) is 10.5. The van der Waals surface area contributed by atoms with E-state index >= 15 is 0 Å². The van der Waals surface area contributed by atoms with Crippen molar-refractivity contribution in [2.45, 2.75) is 81.2 Å². The van der Waals surface area contributed by atoms with Crippen LogP contribution in [0.2, 0.25) is 0 Å². The van der Waals surface area contributed by atoms with E-state index in [1.165, 1.54) is 19.9 Å². The summed E-state index contributed by atoms with van der Waals surface area (Å²) in [7, 11) is -2.62. The molecule has 2 fully saturated rings. The predicted octanol–water partition coefficient (Wildman–Crippen LogP) is 3.38. The van der Waals surface area contributed by atoms with Gasteiger partial charge in [0, 0.05) is 12.1 Å². The molecule has 3 rings (SSSR count). The number of rotatable bonds is 7. The Morgan fingerprint density at radius 3 is 2.10 bits per heavy atom. The van der Waals surface area contributed by atoms with Crippen LogP contribution in [0.25, 0.3) is 0 Å². The van der Waals surface area contributed by atoms with E-state index < -0.39 is 34.0 Å². The van der Waals surface area contributed by atoms with Crippen molar-refractivity contribution in [1.82, 2.24) is 9.62 Å². The number of hydrogen-bond acceptors (Lipinski definition) is 5. The number of carbonyl (C=O) groups excluding carboxylic acids is 2. The number of hydrogen-bond donors (Lipinski definition) is 1. The van der Waals surface area contributed by atoms with E-state index in [2.05, 4.69) is 4.72 Å². The highest BCUT2D eigenvalue weighted by molar-refractivity contribution is 7.89. The van der Waals surface area contributed by atoms with Crippen LogP contribution < -0.4 is 4.72 Å². The molecule has 9 heteroatoms. The molecule has 0 atom stereocenters. The zero-order valence-corrected chi connectivity index (χ0v) is 18.8. The molecule has 2 saturated carbocycles. The van der Waals surface area contributed by atoms with Crippen molar-refractivity contribution in [3.05, 3.63) is 29.6 Å². The fourth-order valence-electron chi connectivity index (χ4n) is 4.65. The molecule has 0 spiro atoms. The first-order valence-corrected chi connectivity index (χ1v) is 12.5. The molecule has 0 saturated heterocycles. The highest BCUT2D eigenvalue weighted by atomic mass is 32.2. The number of ether oxygens (including phenoxy) is 1. The number of amides is 1. The first kappa shape index (κ1) is 23.7. The molecule has 0 bridgehead atoms. The monoisotopic (exact) mass is 454 g/mol. The molecule has 31 heavy (non-hydrogen) atoms. The Morgan fingerprint density at radius 1 is 1.03 bits per heavy atom. The third-order valence-electron chi connectivity index (χ3n) is 6.29. The molecule has 1 aromatic rings. The summed E-state index contributed by atoms with van der Waals surface area (Å²) in [5, 5.41) is 0. The van der Waals surface area contributed by atoms with Crippen molar-refractivity contribution in [3.8, 4) is 0 Å². The minimum Gasteiger partial charge on any atom is -0.452 e. The number of halogens is 1. The maximum Gasteiger partial charge on any atom is 0.341 e. The van der Waals surface area contributed by atoms with Crippen molar-refractivity contribution >= 4 is 21.9 Å². The van der Waals surface area contributed by atoms with Gasteiger partial charge in [0.25, 0.3) is 5.91 Å². The normalized spacial score (nSPS) is 18.5. The maximum atomic E-state index is 14.2. The van der Waals surface area contributed by atoms with Crippen LogP contribution in [0.3, 0.4) is 0 Å². The van der Waals surface area contributed by atoms with Crippen molar-refractivity contribution in [3.63, 3.8) is 0 Å². The molecular formula is C22H31FN2O5S. The summed E-state index contributed by atoms with van der Waals surface area (Å²) in [4.78, 5) is 27.2. The summed E-state index contributed by atoms with van der Waals surface area (Å²) >= 11 is 0. The molecule has 0 aromatic heterocycles. The van der Waals surface area contributed by atoms with Crippen LogP contribution in [0.15, 0.2) is 23.1 Å². The Balaban J connectivity index is 1.71. The first-order valence-electron chi connectivity index (χ1n) is 11.0. The number of esters is 1. The van der Waals surface area contributed by atoms with E-state index in [-0.39, 0.29) is 22.9 Å². The molecule has 7 nitrogen and oxygen atoms in total. The van der Waals surface area contributed by atoms with E-state index in [0.29, 0.717) is 0 Å². The lowest BCUT2D eigenvalue weighted by Gasteiger charge is -2.41. The molecule has 1 N–H and O–H groups in total. The molecule has 0 aliphatic heterocycles. The lowest BCUT2D eigenvalue weighted by atomic mass is 9.88. The Hall–Kier alpha value is -2.00. The van der Waals surface area contributed by atoms with Crippen molar-refractivity contribution in [2.75, 3.05) is 13.7 Å². The van der Waals surface area contributed by atoms with E-state index in [1.54, 1.807) is 0 Å². The van der Waals surface area contributed by atoms with Gasteiger partial charge in [-0.05, 0) is 50.9 Å². The molecule has 0 radical (unpaired) electrons. The predicted molar refractivity (Wildman–Crippen MR) is 114 cm³/mol. The van der Waals surface area contributed by atoms with Gasteiger partial charge in [-0.3, -0.25) is 4.79 Å². The van der Waals surface area contributed by atoms with E-state index in [4.69, 9.17) is 4.74 Å². The Labute approximate surface area is 183 Å². The summed E-state index contributed by atoms with van der Waals surface area (Å²) < 4.78 is 45.3. The molecular weight excluding hydrogens is 423 g/mol. The highest BCUT2D eigenvalue weighted by Crippen LogP contribution is 2.30. The van der Waals surface area contributed by atoms with Crippen molar-refractivity contribution in [2.24, 2.45) is 0 Å². The molecule has 0 heterocycles. The highest BCUT2D eigenvalue weighted by Gasteiger charge is 2.33. The first-order chi connectivity index (χ1) is 14.8. The smallest absolute Gasteiger partial charge is 0.341 e. The summed E-state index contributed by atoms with van der Waals surface area (Å²) in [5.74, 6) is -2.21. The second-order valence-corrected chi connectivity index (χ2v) is 10.2. The van der Waals surface area contributed by atoms with Gasteiger partial charge < -0.3 is 9.64 Å². The van der Waals surface area contributed by atoms with E-state index in [0.717, 1.165) is 69.6 Å². The topological polar surface area (TPSA) is 92.8 Å². The van der Waals surface area contributed by atoms with Crippen LogP contribution in [0.1, 0.15) is 74.6 Å². The minimum absolute atomic E-state index is 0.156. The number of nitrogens with one attached hydrogen (secondary N) is 1. The van der Waals surface area contributed by atoms with Crippen LogP contribution in [0, 0.1) is 5.82 Å². The molecule has 1 aromatic carbocycles. The zero-order chi connectivity index (χ0) is 22.4. The third-order valence-corrected chi connectivity index (χ3v) is 7.70. The van der Waals surface area contributed by atoms with Crippen LogP contribution >= 0.6 is 0 Å². The third kappa shape index (κ3) is 5.83. The maximum absolute atomic E-state index is 14.2. The molecule has 2 aliphatic carbocycles. The average Bonchev–Trinajstić information content (AvgIpc) is 2.79. The van der Waals surface area contributed by atoms with Crippen LogP contribution in [-0.4, -0.2) is 50.9 Å².